The molecular weight excluding hydrogens is 276 g/mol. The Bertz CT molecular complexity index is 436. The molecule has 1 fully saturated rings. The standard InChI is InChI=1S/C15H22N2O2.ClH/c1-11-10-17(9-8-16-11)15(18)12(2)13-4-6-14(19-3)7-5-13;/h4-7,11-12,16H,8-10H2,1-3H3;1H/t11-,12?;/m1./s1. The average Bonchev–Trinajstić information content (AvgIpc) is 2.46. The van der Waals surface area contributed by atoms with E-state index in [-0.39, 0.29) is 24.2 Å². The molecule has 1 N–H and O–H groups in total. The number of hydrogen-bond donors (Lipinski definition) is 1. The van der Waals surface area contributed by atoms with Gasteiger partial charge in [-0.05, 0) is 31.5 Å². The monoisotopic (exact) mass is 298 g/mol. The van der Waals surface area contributed by atoms with E-state index in [0.717, 1.165) is 30.9 Å². The van der Waals surface area contributed by atoms with Crippen LogP contribution in [0.15, 0.2) is 24.3 Å². The third kappa shape index (κ3) is 3.87. The lowest BCUT2D eigenvalue weighted by molar-refractivity contribution is -0.133. The van der Waals surface area contributed by atoms with Crippen molar-refractivity contribution in [3.05, 3.63) is 29.8 Å². The number of nitrogens with zero attached hydrogens (tertiary/aromatic N) is 1. The fourth-order valence-electron chi connectivity index (χ4n) is 2.44. The van der Waals surface area contributed by atoms with Gasteiger partial charge in [0.25, 0.3) is 0 Å². The number of carbonyl (C=O) groups excluding carboxylic acids is 1. The largest absolute Gasteiger partial charge is 0.497 e. The van der Waals surface area contributed by atoms with Crippen LogP contribution in [-0.4, -0.2) is 43.6 Å². The van der Waals surface area contributed by atoms with Crippen molar-refractivity contribution < 1.29 is 9.53 Å². The number of ether oxygens (including phenoxy) is 1. The zero-order valence-electron chi connectivity index (χ0n) is 12.3. The molecule has 0 bridgehead atoms. The highest BCUT2D eigenvalue weighted by atomic mass is 35.5. The van der Waals surface area contributed by atoms with Crippen molar-refractivity contribution in [3.63, 3.8) is 0 Å². The first kappa shape index (κ1) is 16.8. The Balaban J connectivity index is 0.00000200. The third-order valence-corrected chi connectivity index (χ3v) is 3.67. The summed E-state index contributed by atoms with van der Waals surface area (Å²) in [5.41, 5.74) is 1.04. The van der Waals surface area contributed by atoms with E-state index < -0.39 is 0 Å². The van der Waals surface area contributed by atoms with E-state index in [0.29, 0.717) is 6.04 Å². The van der Waals surface area contributed by atoms with Crippen LogP contribution in [0.5, 0.6) is 5.75 Å². The fourth-order valence-corrected chi connectivity index (χ4v) is 2.44. The molecule has 2 atom stereocenters. The molecule has 1 unspecified atom stereocenters. The number of piperazine rings is 1. The Hall–Kier alpha value is -1.26. The number of nitrogens with one attached hydrogen (secondary N) is 1. The van der Waals surface area contributed by atoms with Gasteiger partial charge in [-0.1, -0.05) is 12.1 Å². The van der Waals surface area contributed by atoms with E-state index in [4.69, 9.17) is 4.74 Å². The molecule has 1 aliphatic heterocycles. The molecule has 2 rings (SSSR count). The van der Waals surface area contributed by atoms with Gasteiger partial charge in [0.05, 0.1) is 13.0 Å². The molecule has 0 aromatic heterocycles. The number of halogens is 1. The lowest BCUT2D eigenvalue weighted by atomic mass is 9.99. The van der Waals surface area contributed by atoms with Crippen LogP contribution in [0.2, 0.25) is 0 Å². The van der Waals surface area contributed by atoms with E-state index in [1.807, 2.05) is 36.1 Å². The van der Waals surface area contributed by atoms with Crippen molar-refractivity contribution in [3.8, 4) is 5.75 Å². The zero-order chi connectivity index (χ0) is 13.8. The number of hydrogen-bond acceptors (Lipinski definition) is 3. The predicted octanol–water partition coefficient (Wildman–Crippen LogP) is 2.04. The van der Waals surface area contributed by atoms with Gasteiger partial charge in [-0.3, -0.25) is 4.79 Å². The molecule has 0 spiro atoms. The van der Waals surface area contributed by atoms with Crippen LogP contribution < -0.4 is 10.1 Å². The summed E-state index contributed by atoms with van der Waals surface area (Å²) < 4.78 is 5.14. The van der Waals surface area contributed by atoms with Crippen molar-refractivity contribution in [2.75, 3.05) is 26.7 Å². The zero-order valence-corrected chi connectivity index (χ0v) is 13.1. The first-order valence-corrected chi connectivity index (χ1v) is 6.78. The smallest absolute Gasteiger partial charge is 0.229 e. The minimum atomic E-state index is -0.101. The van der Waals surface area contributed by atoms with Crippen LogP contribution >= 0.6 is 12.4 Å². The second kappa shape index (κ2) is 7.50. The van der Waals surface area contributed by atoms with Crippen LogP contribution in [0, 0.1) is 0 Å². The Morgan fingerprint density at radius 1 is 1.40 bits per heavy atom. The minimum Gasteiger partial charge on any atom is -0.497 e. The summed E-state index contributed by atoms with van der Waals surface area (Å²) in [6.07, 6.45) is 0. The summed E-state index contributed by atoms with van der Waals surface area (Å²) in [6.45, 7) is 6.54. The van der Waals surface area contributed by atoms with Crippen molar-refractivity contribution in [2.24, 2.45) is 0 Å². The second-order valence-electron chi connectivity index (χ2n) is 5.13. The van der Waals surface area contributed by atoms with Gasteiger partial charge in [-0.25, -0.2) is 0 Å². The molecule has 5 heteroatoms. The highest BCUT2D eigenvalue weighted by Crippen LogP contribution is 2.21. The molecule has 1 aliphatic rings. The maximum absolute atomic E-state index is 12.5. The van der Waals surface area contributed by atoms with Crippen molar-refractivity contribution in [2.45, 2.75) is 25.8 Å². The molecule has 1 aromatic carbocycles. The summed E-state index contributed by atoms with van der Waals surface area (Å²) in [5.74, 6) is 0.925. The van der Waals surface area contributed by atoms with Gasteiger partial charge in [0, 0.05) is 25.7 Å². The second-order valence-corrected chi connectivity index (χ2v) is 5.13. The lowest BCUT2D eigenvalue weighted by Gasteiger charge is -2.33. The van der Waals surface area contributed by atoms with Crippen LogP contribution in [0.1, 0.15) is 25.3 Å². The summed E-state index contributed by atoms with van der Waals surface area (Å²) >= 11 is 0. The molecule has 0 aliphatic carbocycles. The normalized spacial score (nSPS) is 19.9. The number of carbonyl (C=O) groups is 1. The summed E-state index contributed by atoms with van der Waals surface area (Å²) in [7, 11) is 1.64. The highest BCUT2D eigenvalue weighted by Gasteiger charge is 2.25. The molecule has 0 saturated carbocycles. The van der Waals surface area contributed by atoms with Crippen LogP contribution in [-0.2, 0) is 4.79 Å². The number of rotatable bonds is 3. The molecule has 1 amide bonds. The van der Waals surface area contributed by atoms with Gasteiger partial charge in [0.15, 0.2) is 0 Å². The number of amides is 1. The molecular formula is C15H23ClN2O2. The first-order chi connectivity index (χ1) is 9.11. The Kier molecular flexibility index (Phi) is 6.30. The van der Waals surface area contributed by atoms with E-state index in [1.54, 1.807) is 7.11 Å². The summed E-state index contributed by atoms with van der Waals surface area (Å²) in [6, 6.07) is 8.11. The maximum atomic E-state index is 12.5. The number of benzene rings is 1. The van der Waals surface area contributed by atoms with Gasteiger partial charge in [0.1, 0.15) is 5.75 Å². The molecule has 4 nitrogen and oxygen atoms in total. The summed E-state index contributed by atoms with van der Waals surface area (Å²) in [4.78, 5) is 14.4. The molecule has 0 radical (unpaired) electrons. The molecule has 20 heavy (non-hydrogen) atoms. The Labute approximate surface area is 126 Å². The van der Waals surface area contributed by atoms with Crippen LogP contribution in [0.25, 0.3) is 0 Å². The van der Waals surface area contributed by atoms with Crippen molar-refractivity contribution in [1.82, 2.24) is 10.2 Å². The van der Waals surface area contributed by atoms with Crippen LogP contribution in [0.4, 0.5) is 0 Å². The average molecular weight is 299 g/mol. The molecule has 1 heterocycles. The van der Waals surface area contributed by atoms with E-state index in [9.17, 15) is 4.79 Å². The summed E-state index contributed by atoms with van der Waals surface area (Å²) in [5, 5.41) is 3.35. The third-order valence-electron chi connectivity index (χ3n) is 3.67. The predicted molar refractivity (Wildman–Crippen MR) is 82.7 cm³/mol. The first-order valence-electron chi connectivity index (χ1n) is 6.78. The SMILES string of the molecule is COc1ccc(C(C)C(=O)N2CCN[C@H](C)C2)cc1.Cl. The van der Waals surface area contributed by atoms with E-state index in [2.05, 4.69) is 12.2 Å². The molecule has 112 valence electrons. The van der Waals surface area contributed by atoms with Gasteiger partial charge >= 0.3 is 0 Å². The van der Waals surface area contributed by atoms with Crippen molar-refractivity contribution >= 4 is 18.3 Å². The Morgan fingerprint density at radius 3 is 2.60 bits per heavy atom. The fraction of sp³-hybridized carbons (Fsp3) is 0.533. The highest BCUT2D eigenvalue weighted by molar-refractivity contribution is 5.85. The molecule has 1 saturated heterocycles. The van der Waals surface area contributed by atoms with Crippen molar-refractivity contribution in [1.29, 1.82) is 0 Å². The molecule has 1 aromatic rings. The van der Waals surface area contributed by atoms with Gasteiger partial charge in [0.2, 0.25) is 5.91 Å². The quantitative estimate of drug-likeness (QED) is 0.928. The number of methoxy groups -OCH3 is 1. The maximum Gasteiger partial charge on any atom is 0.229 e. The van der Waals surface area contributed by atoms with Gasteiger partial charge < -0.3 is 15.0 Å². The van der Waals surface area contributed by atoms with E-state index in [1.165, 1.54) is 0 Å². The minimum absolute atomic E-state index is 0. The topological polar surface area (TPSA) is 41.6 Å². The van der Waals surface area contributed by atoms with Gasteiger partial charge in [-0.2, -0.15) is 0 Å². The lowest BCUT2D eigenvalue weighted by Crippen LogP contribution is -2.52. The van der Waals surface area contributed by atoms with Crippen LogP contribution in [0.3, 0.4) is 0 Å². The van der Waals surface area contributed by atoms with E-state index >= 15 is 0 Å². The Morgan fingerprint density at radius 2 is 2.05 bits per heavy atom. The van der Waals surface area contributed by atoms with Gasteiger partial charge in [-0.15, -0.1) is 12.4 Å².